The number of hydrogen-bond acceptors (Lipinski definition) is 4. The maximum Gasteiger partial charge on any atom is 0.207 e. The molecule has 0 amide bonds. The van der Waals surface area contributed by atoms with Gasteiger partial charge in [0.1, 0.15) is 5.75 Å². The van der Waals surface area contributed by atoms with Crippen molar-refractivity contribution in [2.45, 2.75) is 20.4 Å². The van der Waals surface area contributed by atoms with E-state index in [1.807, 2.05) is 10.8 Å². The van der Waals surface area contributed by atoms with Crippen LogP contribution in [0.4, 0.5) is 0 Å². The van der Waals surface area contributed by atoms with E-state index >= 15 is 0 Å². The van der Waals surface area contributed by atoms with Crippen LogP contribution in [0.3, 0.4) is 0 Å². The molecule has 0 spiro atoms. The maximum atomic E-state index is 9.04. The molecule has 0 atom stereocenters. The van der Waals surface area contributed by atoms with Crippen molar-refractivity contribution in [1.82, 2.24) is 4.57 Å². The van der Waals surface area contributed by atoms with E-state index in [4.69, 9.17) is 21.6 Å². The highest BCUT2D eigenvalue weighted by Crippen LogP contribution is 2.24. The van der Waals surface area contributed by atoms with Crippen molar-refractivity contribution < 1.29 is 4.74 Å². The number of rotatable bonds is 4. The summed E-state index contributed by atoms with van der Waals surface area (Å²) in [7, 11) is 1.55. The van der Waals surface area contributed by atoms with Gasteiger partial charge < -0.3 is 9.30 Å². The van der Waals surface area contributed by atoms with Crippen LogP contribution in [-0.2, 0) is 6.54 Å². The minimum Gasteiger partial charge on any atom is -0.496 e. The van der Waals surface area contributed by atoms with Gasteiger partial charge in [-0.25, -0.2) is 0 Å². The quantitative estimate of drug-likeness (QED) is 0.411. The Morgan fingerprint density at radius 2 is 2.25 bits per heavy atom. The summed E-state index contributed by atoms with van der Waals surface area (Å²) in [5.41, 5.74) is 0.576. The predicted molar refractivity (Wildman–Crippen MR) is 101 cm³/mol. The number of halogens is 2. The summed E-state index contributed by atoms with van der Waals surface area (Å²) < 4.78 is 8.33. The zero-order valence-electron chi connectivity index (χ0n) is 13.5. The Kier molecular flexibility index (Phi) is 6.60. The Labute approximate surface area is 158 Å². The first-order chi connectivity index (χ1) is 11.4. The molecule has 0 aliphatic carbocycles. The fourth-order valence-electron chi connectivity index (χ4n) is 2.10. The molecule has 5 nitrogen and oxygen atoms in total. The van der Waals surface area contributed by atoms with Gasteiger partial charge in [0, 0.05) is 17.8 Å². The number of ether oxygens (including phenoxy) is 1. The van der Waals surface area contributed by atoms with Crippen LogP contribution in [0.15, 0.2) is 38.2 Å². The van der Waals surface area contributed by atoms with E-state index in [1.54, 1.807) is 31.5 Å². The first-order valence-corrected chi connectivity index (χ1v) is 9.14. The van der Waals surface area contributed by atoms with Gasteiger partial charge in [0.2, 0.25) is 6.19 Å². The molecule has 0 radical (unpaired) electrons. The number of aromatic nitrogens is 1. The lowest BCUT2D eigenvalue weighted by Gasteiger charge is -2.08. The topological polar surface area (TPSA) is 62.7 Å². The molecule has 0 aliphatic heterocycles. The molecular weight excluding hydrogens is 412 g/mol. The van der Waals surface area contributed by atoms with Gasteiger partial charge in [-0.15, -0.1) is 0 Å². The molecule has 2 aromatic rings. The first kappa shape index (κ1) is 18.7. The Hall–Kier alpha value is -1.62. The van der Waals surface area contributed by atoms with Crippen molar-refractivity contribution >= 4 is 44.7 Å². The molecule has 0 saturated carbocycles. The van der Waals surface area contributed by atoms with Crippen molar-refractivity contribution in [2.75, 3.05) is 7.11 Å². The summed E-state index contributed by atoms with van der Waals surface area (Å²) in [5.74, 6) is 1.29. The molecule has 1 heterocycles. The minimum atomic E-state index is 0.267. The van der Waals surface area contributed by atoms with Crippen LogP contribution in [0.2, 0.25) is 5.02 Å². The van der Waals surface area contributed by atoms with Crippen molar-refractivity contribution in [2.24, 2.45) is 15.9 Å². The second-order valence-corrected chi connectivity index (χ2v) is 8.18. The van der Waals surface area contributed by atoms with Crippen LogP contribution in [0, 0.1) is 17.4 Å². The Balaban J connectivity index is 2.61. The van der Waals surface area contributed by atoms with E-state index in [9.17, 15) is 0 Å². The molecule has 2 rings (SSSR count). The first-order valence-electron chi connectivity index (χ1n) is 7.15. The number of nitrogens with zero attached hydrogens (tertiary/aromatic N) is 4. The normalized spacial score (nSPS) is 12.5. The van der Waals surface area contributed by atoms with Crippen LogP contribution in [0.5, 0.6) is 5.75 Å². The molecular formula is C16H16BrClN4OS. The molecule has 8 heteroatoms. The van der Waals surface area contributed by atoms with Crippen molar-refractivity contribution in [3.8, 4) is 11.9 Å². The largest absolute Gasteiger partial charge is 0.496 e. The third-order valence-corrected chi connectivity index (χ3v) is 4.75. The molecule has 24 heavy (non-hydrogen) atoms. The fourth-order valence-corrected chi connectivity index (χ4v) is 3.68. The van der Waals surface area contributed by atoms with Gasteiger partial charge in [0.05, 0.1) is 16.5 Å². The van der Waals surface area contributed by atoms with E-state index < -0.39 is 0 Å². The van der Waals surface area contributed by atoms with Crippen molar-refractivity contribution in [3.63, 3.8) is 0 Å². The lowest BCUT2D eigenvalue weighted by atomic mass is 10.2. The number of thiazole rings is 1. The van der Waals surface area contributed by atoms with Gasteiger partial charge in [-0.05, 0) is 40.0 Å². The average Bonchev–Trinajstić information content (AvgIpc) is 2.85. The highest BCUT2D eigenvalue weighted by molar-refractivity contribution is 9.11. The van der Waals surface area contributed by atoms with Gasteiger partial charge in [-0.1, -0.05) is 36.8 Å². The Bertz CT molecular complexity index is 864. The van der Waals surface area contributed by atoms with Crippen LogP contribution in [-0.4, -0.2) is 17.5 Å². The van der Waals surface area contributed by atoms with Gasteiger partial charge in [0.25, 0.3) is 0 Å². The van der Waals surface area contributed by atoms with E-state index in [2.05, 4.69) is 39.8 Å². The molecule has 0 unspecified atom stereocenters. The number of benzene rings is 1. The number of nitriles is 1. The zero-order chi connectivity index (χ0) is 17.7. The van der Waals surface area contributed by atoms with E-state index in [0.717, 1.165) is 15.1 Å². The lowest BCUT2D eigenvalue weighted by molar-refractivity contribution is 0.414. The minimum absolute atomic E-state index is 0.267. The zero-order valence-corrected chi connectivity index (χ0v) is 16.6. The number of hydrogen-bond donors (Lipinski definition) is 0. The Morgan fingerprint density at radius 1 is 1.50 bits per heavy atom. The smallest absolute Gasteiger partial charge is 0.207 e. The summed E-state index contributed by atoms with van der Waals surface area (Å²) in [4.78, 5) is 9.19. The molecule has 0 N–H and O–H groups in total. The van der Waals surface area contributed by atoms with Gasteiger partial charge in [0.15, 0.2) is 10.6 Å². The summed E-state index contributed by atoms with van der Waals surface area (Å²) in [6, 6.07) is 5.14. The molecule has 0 saturated heterocycles. The summed E-state index contributed by atoms with van der Waals surface area (Å²) in [5, 5.41) is 9.57. The molecule has 1 aromatic carbocycles. The highest BCUT2D eigenvalue weighted by atomic mass is 79.9. The SMILES string of the molecule is COc1ccc(Cl)cc1C(=NC#N)/N=c1\sc(Br)cn1CC(C)C. The average molecular weight is 428 g/mol. The van der Waals surface area contributed by atoms with Crippen LogP contribution in [0.1, 0.15) is 19.4 Å². The standard InChI is InChI=1S/C16H16BrClN4OS/c1-10(2)7-22-8-14(17)24-16(22)21-15(20-9-19)12-6-11(18)4-5-13(12)23-3/h4-6,8,10H,7H2,1-3H3/b20-15?,21-16-. The van der Waals surface area contributed by atoms with Crippen molar-refractivity contribution in [3.05, 3.63) is 43.6 Å². The van der Waals surface area contributed by atoms with Crippen LogP contribution < -0.4 is 9.54 Å². The maximum absolute atomic E-state index is 9.04. The molecule has 0 bridgehead atoms. The Morgan fingerprint density at radius 3 is 2.88 bits per heavy atom. The number of aliphatic imine (C=N–C) groups is 1. The lowest BCUT2D eigenvalue weighted by Crippen LogP contribution is -2.19. The number of methoxy groups -OCH3 is 1. The summed E-state index contributed by atoms with van der Waals surface area (Å²) in [6.45, 7) is 5.08. The van der Waals surface area contributed by atoms with Crippen molar-refractivity contribution in [1.29, 1.82) is 5.26 Å². The molecule has 0 fully saturated rings. The third kappa shape index (κ3) is 4.69. The van der Waals surface area contributed by atoms with E-state index in [-0.39, 0.29) is 5.84 Å². The summed E-state index contributed by atoms with van der Waals surface area (Å²) >= 11 is 11.0. The number of amidine groups is 1. The van der Waals surface area contributed by atoms with Gasteiger partial charge in [-0.3, -0.25) is 0 Å². The second-order valence-electron chi connectivity index (χ2n) is 5.36. The van der Waals surface area contributed by atoms with Crippen LogP contribution >= 0.6 is 38.9 Å². The third-order valence-electron chi connectivity index (χ3n) is 3.01. The van der Waals surface area contributed by atoms with Gasteiger partial charge >= 0.3 is 0 Å². The summed E-state index contributed by atoms with van der Waals surface area (Å²) in [6.07, 6.45) is 3.78. The van der Waals surface area contributed by atoms with Gasteiger partial charge in [-0.2, -0.15) is 15.2 Å². The molecule has 1 aromatic heterocycles. The second kappa shape index (κ2) is 8.47. The highest BCUT2D eigenvalue weighted by Gasteiger charge is 2.12. The van der Waals surface area contributed by atoms with E-state index in [0.29, 0.717) is 22.3 Å². The van der Waals surface area contributed by atoms with Crippen LogP contribution in [0.25, 0.3) is 0 Å². The monoisotopic (exact) mass is 426 g/mol. The molecule has 0 aliphatic rings. The van der Waals surface area contributed by atoms with E-state index in [1.165, 1.54) is 11.3 Å². The predicted octanol–water partition coefficient (Wildman–Crippen LogP) is 4.46. The molecule has 126 valence electrons. The fraction of sp³-hybridized carbons (Fsp3) is 0.312.